The summed E-state index contributed by atoms with van der Waals surface area (Å²) in [7, 11) is 0. The highest BCUT2D eigenvalue weighted by atomic mass is 32.2. The average molecular weight is 300 g/mol. The van der Waals surface area contributed by atoms with Crippen LogP contribution in [0.15, 0.2) is 58.3 Å². The van der Waals surface area contributed by atoms with Crippen LogP contribution in [-0.4, -0.2) is 11.9 Å². The van der Waals surface area contributed by atoms with Crippen molar-refractivity contribution in [3.63, 3.8) is 0 Å². The molecule has 0 aliphatic carbocycles. The van der Waals surface area contributed by atoms with Crippen LogP contribution in [-0.2, 0) is 4.79 Å². The zero-order chi connectivity index (χ0) is 15.2. The van der Waals surface area contributed by atoms with E-state index in [1.54, 1.807) is 11.8 Å². The SMILES string of the molecule is CCC(N)C(=O)Nc1cccc(Sc2ccc(C)cc2)c1. The van der Waals surface area contributed by atoms with E-state index in [0.29, 0.717) is 6.42 Å². The van der Waals surface area contributed by atoms with E-state index in [9.17, 15) is 4.79 Å². The first-order chi connectivity index (χ1) is 10.1. The van der Waals surface area contributed by atoms with E-state index in [1.807, 2.05) is 31.2 Å². The largest absolute Gasteiger partial charge is 0.325 e. The van der Waals surface area contributed by atoms with Crippen molar-refractivity contribution in [2.75, 3.05) is 5.32 Å². The Labute approximate surface area is 129 Å². The Balaban J connectivity index is 2.07. The summed E-state index contributed by atoms with van der Waals surface area (Å²) in [6, 6.07) is 15.7. The first-order valence-corrected chi connectivity index (χ1v) is 7.81. The average Bonchev–Trinajstić information content (AvgIpc) is 2.49. The number of nitrogens with two attached hydrogens (primary N) is 1. The van der Waals surface area contributed by atoms with Crippen LogP contribution in [0.25, 0.3) is 0 Å². The maximum atomic E-state index is 11.8. The molecule has 0 saturated heterocycles. The van der Waals surface area contributed by atoms with Gasteiger partial charge in [-0.15, -0.1) is 0 Å². The first-order valence-electron chi connectivity index (χ1n) is 6.99. The molecule has 110 valence electrons. The van der Waals surface area contributed by atoms with Gasteiger partial charge in [-0.05, 0) is 43.7 Å². The van der Waals surface area contributed by atoms with Crippen LogP contribution >= 0.6 is 11.8 Å². The summed E-state index contributed by atoms with van der Waals surface area (Å²) >= 11 is 1.67. The number of amides is 1. The summed E-state index contributed by atoms with van der Waals surface area (Å²) in [5, 5.41) is 2.85. The number of aryl methyl sites for hydroxylation is 1. The van der Waals surface area contributed by atoms with Gasteiger partial charge in [-0.3, -0.25) is 4.79 Å². The minimum atomic E-state index is -0.460. The molecule has 21 heavy (non-hydrogen) atoms. The molecule has 1 unspecified atom stereocenters. The number of rotatable bonds is 5. The molecule has 4 heteroatoms. The number of benzene rings is 2. The summed E-state index contributed by atoms with van der Waals surface area (Å²) in [6.07, 6.45) is 0.629. The van der Waals surface area contributed by atoms with Gasteiger partial charge in [-0.1, -0.05) is 42.4 Å². The Morgan fingerprint density at radius 3 is 2.57 bits per heavy atom. The topological polar surface area (TPSA) is 55.1 Å². The van der Waals surface area contributed by atoms with Gasteiger partial charge in [-0.25, -0.2) is 0 Å². The van der Waals surface area contributed by atoms with E-state index in [1.165, 1.54) is 10.5 Å². The van der Waals surface area contributed by atoms with E-state index in [-0.39, 0.29) is 5.91 Å². The van der Waals surface area contributed by atoms with E-state index < -0.39 is 6.04 Å². The minimum Gasteiger partial charge on any atom is -0.325 e. The highest BCUT2D eigenvalue weighted by Crippen LogP contribution is 2.29. The number of hydrogen-bond donors (Lipinski definition) is 2. The molecule has 3 nitrogen and oxygen atoms in total. The molecule has 0 heterocycles. The molecule has 1 amide bonds. The van der Waals surface area contributed by atoms with Crippen molar-refractivity contribution in [3.8, 4) is 0 Å². The second kappa shape index (κ2) is 7.29. The molecule has 0 saturated carbocycles. The van der Waals surface area contributed by atoms with Crippen molar-refractivity contribution in [1.82, 2.24) is 0 Å². The van der Waals surface area contributed by atoms with E-state index >= 15 is 0 Å². The zero-order valence-corrected chi connectivity index (χ0v) is 13.1. The molecule has 0 fully saturated rings. The van der Waals surface area contributed by atoms with Crippen LogP contribution in [0.4, 0.5) is 5.69 Å². The summed E-state index contributed by atoms with van der Waals surface area (Å²) in [5.74, 6) is -0.144. The predicted molar refractivity (Wildman–Crippen MR) is 88.6 cm³/mol. The van der Waals surface area contributed by atoms with Crippen molar-refractivity contribution < 1.29 is 4.79 Å². The molecule has 0 spiro atoms. The lowest BCUT2D eigenvalue weighted by molar-refractivity contribution is -0.117. The zero-order valence-electron chi connectivity index (χ0n) is 12.3. The standard InChI is InChI=1S/C17H20N2OS/c1-3-16(18)17(20)19-13-5-4-6-15(11-13)21-14-9-7-12(2)8-10-14/h4-11,16H,3,18H2,1-2H3,(H,19,20). The van der Waals surface area contributed by atoms with Crippen molar-refractivity contribution in [2.24, 2.45) is 5.73 Å². The number of carbonyl (C=O) groups is 1. The van der Waals surface area contributed by atoms with Gasteiger partial charge >= 0.3 is 0 Å². The summed E-state index contributed by atoms with van der Waals surface area (Å²) in [4.78, 5) is 14.1. The fourth-order valence-corrected chi connectivity index (χ4v) is 2.68. The van der Waals surface area contributed by atoms with E-state index in [2.05, 4.69) is 36.5 Å². The second-order valence-electron chi connectivity index (χ2n) is 4.95. The molecule has 2 aromatic rings. The highest BCUT2D eigenvalue weighted by molar-refractivity contribution is 7.99. The number of anilines is 1. The van der Waals surface area contributed by atoms with Gasteiger partial charge < -0.3 is 11.1 Å². The molecule has 2 aromatic carbocycles. The van der Waals surface area contributed by atoms with Crippen molar-refractivity contribution in [3.05, 3.63) is 54.1 Å². The van der Waals surface area contributed by atoms with Crippen LogP contribution in [0, 0.1) is 6.92 Å². The third-order valence-corrected chi connectivity index (χ3v) is 4.13. The van der Waals surface area contributed by atoms with Gasteiger partial charge in [0.05, 0.1) is 6.04 Å². The lowest BCUT2D eigenvalue weighted by atomic mass is 10.2. The van der Waals surface area contributed by atoms with E-state index in [0.717, 1.165) is 10.6 Å². The Bertz CT molecular complexity index is 610. The Kier molecular flexibility index (Phi) is 5.42. The van der Waals surface area contributed by atoms with Crippen LogP contribution < -0.4 is 11.1 Å². The summed E-state index contributed by atoms with van der Waals surface area (Å²) < 4.78 is 0. The third-order valence-electron chi connectivity index (χ3n) is 3.13. The number of hydrogen-bond acceptors (Lipinski definition) is 3. The van der Waals surface area contributed by atoms with Crippen molar-refractivity contribution in [1.29, 1.82) is 0 Å². The van der Waals surface area contributed by atoms with Gasteiger partial charge in [0, 0.05) is 15.5 Å². The second-order valence-corrected chi connectivity index (χ2v) is 6.09. The molecule has 0 radical (unpaired) electrons. The van der Waals surface area contributed by atoms with Crippen LogP contribution in [0.5, 0.6) is 0 Å². The molecule has 0 bridgehead atoms. The van der Waals surface area contributed by atoms with E-state index in [4.69, 9.17) is 5.73 Å². The molecule has 1 atom stereocenters. The molecule has 2 rings (SSSR count). The van der Waals surface area contributed by atoms with Crippen LogP contribution in [0.2, 0.25) is 0 Å². The Morgan fingerprint density at radius 1 is 1.19 bits per heavy atom. The molecular formula is C17H20N2OS. The van der Waals surface area contributed by atoms with Gasteiger partial charge in [0.1, 0.15) is 0 Å². The molecular weight excluding hydrogens is 280 g/mol. The summed E-state index contributed by atoms with van der Waals surface area (Å²) in [5.41, 5.74) is 7.75. The summed E-state index contributed by atoms with van der Waals surface area (Å²) in [6.45, 7) is 3.97. The number of nitrogens with one attached hydrogen (secondary N) is 1. The normalized spacial score (nSPS) is 12.0. The first kappa shape index (κ1) is 15.6. The molecule has 0 aliphatic heterocycles. The molecule has 3 N–H and O–H groups in total. The fourth-order valence-electron chi connectivity index (χ4n) is 1.80. The lowest BCUT2D eigenvalue weighted by Crippen LogP contribution is -2.34. The van der Waals surface area contributed by atoms with Crippen molar-refractivity contribution >= 4 is 23.4 Å². The maximum absolute atomic E-state index is 11.8. The monoisotopic (exact) mass is 300 g/mol. The van der Waals surface area contributed by atoms with Gasteiger partial charge in [0.2, 0.25) is 5.91 Å². The molecule has 0 aromatic heterocycles. The minimum absolute atomic E-state index is 0.144. The fraction of sp³-hybridized carbons (Fsp3) is 0.235. The lowest BCUT2D eigenvalue weighted by Gasteiger charge is -2.11. The van der Waals surface area contributed by atoms with Gasteiger partial charge in [-0.2, -0.15) is 0 Å². The Morgan fingerprint density at radius 2 is 1.90 bits per heavy atom. The molecule has 0 aliphatic rings. The van der Waals surface area contributed by atoms with Gasteiger partial charge in [0.15, 0.2) is 0 Å². The predicted octanol–water partition coefficient (Wildman–Crippen LogP) is 3.82. The number of carbonyl (C=O) groups excluding carboxylic acids is 1. The Hall–Kier alpha value is -1.78. The van der Waals surface area contributed by atoms with Gasteiger partial charge in [0.25, 0.3) is 0 Å². The quantitative estimate of drug-likeness (QED) is 0.882. The van der Waals surface area contributed by atoms with Crippen molar-refractivity contribution in [2.45, 2.75) is 36.1 Å². The van der Waals surface area contributed by atoms with Crippen LogP contribution in [0.3, 0.4) is 0 Å². The maximum Gasteiger partial charge on any atom is 0.241 e. The third kappa shape index (κ3) is 4.62. The van der Waals surface area contributed by atoms with Crippen LogP contribution in [0.1, 0.15) is 18.9 Å². The highest BCUT2D eigenvalue weighted by Gasteiger charge is 2.11. The smallest absolute Gasteiger partial charge is 0.241 e.